The Morgan fingerprint density at radius 3 is 2.62 bits per heavy atom. The number of aryl methyl sites for hydroxylation is 1. The number of nitrogens with zero attached hydrogens (tertiary/aromatic N) is 4. The van der Waals surface area contributed by atoms with Gasteiger partial charge in [-0.15, -0.1) is 12.4 Å². The van der Waals surface area contributed by atoms with E-state index in [9.17, 15) is 19.8 Å². The van der Waals surface area contributed by atoms with Crippen molar-refractivity contribution in [3.05, 3.63) is 27.2 Å². The Morgan fingerprint density at radius 2 is 1.96 bits per heavy atom. The van der Waals surface area contributed by atoms with Crippen molar-refractivity contribution in [3.63, 3.8) is 0 Å². The van der Waals surface area contributed by atoms with Crippen LogP contribution in [0.1, 0.15) is 0 Å². The predicted molar refractivity (Wildman–Crippen MR) is 87.2 cm³/mol. The monoisotopic (exact) mass is 361 g/mol. The third-order valence-electron chi connectivity index (χ3n) is 4.26. The third kappa shape index (κ3) is 2.76. The van der Waals surface area contributed by atoms with Crippen LogP contribution in [0, 0.1) is 0 Å². The number of hydrogen-bond acceptors (Lipinski definition) is 7. The van der Waals surface area contributed by atoms with Crippen molar-refractivity contribution in [2.24, 2.45) is 19.8 Å². The molecule has 0 saturated carbocycles. The molecule has 0 aromatic carbocycles. The number of hydrogen-bond donors (Lipinski definition) is 3. The summed E-state index contributed by atoms with van der Waals surface area (Å²) in [5.74, 6) is 0. The predicted octanol–water partition coefficient (Wildman–Crippen LogP) is -2.70. The highest BCUT2D eigenvalue weighted by atomic mass is 35.5. The van der Waals surface area contributed by atoms with Gasteiger partial charge in [-0.25, -0.2) is 9.78 Å². The lowest BCUT2D eigenvalue weighted by Gasteiger charge is -2.36. The number of nitrogens with two attached hydrogens (primary N) is 1. The van der Waals surface area contributed by atoms with Gasteiger partial charge >= 0.3 is 5.69 Å². The summed E-state index contributed by atoms with van der Waals surface area (Å²) in [5, 5.41) is 19.9. The van der Waals surface area contributed by atoms with Gasteiger partial charge in [-0.05, 0) is 0 Å². The maximum absolute atomic E-state index is 12.1. The fourth-order valence-electron chi connectivity index (χ4n) is 2.83. The van der Waals surface area contributed by atoms with Gasteiger partial charge in [0.1, 0.15) is 17.9 Å². The number of aliphatic hydroxyl groups is 2. The minimum atomic E-state index is -1.17. The Bertz CT molecular complexity index is 859. The minimum Gasteiger partial charge on any atom is -0.389 e. The van der Waals surface area contributed by atoms with Gasteiger partial charge in [0, 0.05) is 14.1 Å². The fourth-order valence-corrected chi connectivity index (χ4v) is 2.83. The average Bonchev–Trinajstić information content (AvgIpc) is 2.95. The van der Waals surface area contributed by atoms with Crippen molar-refractivity contribution >= 4 is 23.6 Å². The molecule has 1 fully saturated rings. The molecule has 1 saturated heterocycles. The molecule has 3 rings (SSSR count). The summed E-state index contributed by atoms with van der Waals surface area (Å²) in [4.78, 5) is 28.2. The Hall–Kier alpha value is -1.72. The topological polar surface area (TPSA) is 138 Å². The first-order valence-electron chi connectivity index (χ1n) is 7.17. The number of rotatable bonds is 2. The van der Waals surface area contributed by atoms with E-state index in [0.717, 1.165) is 4.57 Å². The zero-order valence-electron chi connectivity index (χ0n) is 13.2. The summed E-state index contributed by atoms with van der Waals surface area (Å²) < 4.78 is 9.30. The molecule has 1 aliphatic heterocycles. The number of fused-ring (bicyclic) bond motifs is 1. The Labute approximate surface area is 142 Å². The third-order valence-corrected chi connectivity index (χ3v) is 4.26. The normalized spacial score (nSPS) is 27.2. The smallest absolute Gasteiger partial charge is 0.332 e. The molecule has 0 bridgehead atoms. The molecule has 4 N–H and O–H groups in total. The lowest BCUT2D eigenvalue weighted by molar-refractivity contribution is -0.148. The van der Waals surface area contributed by atoms with Gasteiger partial charge in [-0.1, -0.05) is 0 Å². The number of halogens is 1. The van der Waals surface area contributed by atoms with Gasteiger partial charge in [0.05, 0.1) is 31.6 Å². The highest BCUT2D eigenvalue weighted by Gasteiger charge is 2.37. The molecule has 2 aromatic heterocycles. The number of aromatic nitrogens is 4. The van der Waals surface area contributed by atoms with E-state index in [2.05, 4.69) is 4.98 Å². The SMILES string of the molecule is Cl.Cn1c(=O)c2ncn(C[C@H]3OC[C@@H](N)[C@H](O)[C@@H]3O)c2n(C)c1=O. The van der Waals surface area contributed by atoms with Crippen LogP contribution in [0.4, 0.5) is 0 Å². The second-order valence-electron chi connectivity index (χ2n) is 5.79. The van der Waals surface area contributed by atoms with Gasteiger partial charge in [0.15, 0.2) is 5.52 Å². The van der Waals surface area contributed by atoms with Crippen LogP contribution in [0.3, 0.4) is 0 Å². The van der Waals surface area contributed by atoms with Crippen molar-refractivity contribution in [3.8, 4) is 0 Å². The zero-order chi connectivity index (χ0) is 16.9. The Kier molecular flexibility index (Phi) is 5.16. The van der Waals surface area contributed by atoms with Crippen LogP contribution < -0.4 is 17.0 Å². The molecule has 134 valence electrons. The second kappa shape index (κ2) is 6.65. The maximum Gasteiger partial charge on any atom is 0.332 e. The van der Waals surface area contributed by atoms with E-state index in [0.29, 0.717) is 5.65 Å². The molecule has 4 atom stereocenters. The van der Waals surface area contributed by atoms with Gasteiger partial charge in [-0.3, -0.25) is 13.9 Å². The van der Waals surface area contributed by atoms with E-state index in [-0.39, 0.29) is 31.1 Å². The fraction of sp³-hybridized carbons (Fsp3) is 0.615. The number of aliphatic hydroxyl groups excluding tert-OH is 2. The summed E-state index contributed by atoms with van der Waals surface area (Å²) in [6, 6.07) is -0.655. The summed E-state index contributed by atoms with van der Waals surface area (Å²) in [7, 11) is 2.92. The van der Waals surface area contributed by atoms with E-state index >= 15 is 0 Å². The van der Waals surface area contributed by atoms with Gasteiger partial charge in [0.2, 0.25) is 0 Å². The van der Waals surface area contributed by atoms with E-state index in [1.807, 2.05) is 0 Å². The summed E-state index contributed by atoms with van der Waals surface area (Å²) in [6.07, 6.45) is -1.58. The van der Waals surface area contributed by atoms with E-state index in [4.69, 9.17) is 10.5 Å². The molecule has 0 spiro atoms. The first-order valence-corrected chi connectivity index (χ1v) is 7.17. The van der Waals surface area contributed by atoms with Crippen LogP contribution in [0.25, 0.3) is 11.2 Å². The van der Waals surface area contributed by atoms with Crippen LogP contribution >= 0.6 is 12.4 Å². The zero-order valence-corrected chi connectivity index (χ0v) is 14.0. The van der Waals surface area contributed by atoms with Gasteiger partial charge in [-0.2, -0.15) is 0 Å². The quantitative estimate of drug-likeness (QED) is 0.529. The first-order chi connectivity index (χ1) is 10.8. The molecule has 24 heavy (non-hydrogen) atoms. The highest BCUT2D eigenvalue weighted by Crippen LogP contribution is 2.17. The van der Waals surface area contributed by atoms with Crippen LogP contribution in [0.5, 0.6) is 0 Å². The van der Waals surface area contributed by atoms with Crippen molar-refractivity contribution in [2.45, 2.75) is 30.9 Å². The van der Waals surface area contributed by atoms with Crippen molar-refractivity contribution in [1.29, 1.82) is 0 Å². The van der Waals surface area contributed by atoms with Crippen LogP contribution in [0.15, 0.2) is 15.9 Å². The van der Waals surface area contributed by atoms with Crippen molar-refractivity contribution in [2.75, 3.05) is 6.61 Å². The van der Waals surface area contributed by atoms with Crippen LogP contribution in [-0.2, 0) is 25.4 Å². The van der Waals surface area contributed by atoms with Crippen molar-refractivity contribution < 1.29 is 14.9 Å². The summed E-state index contributed by atoms with van der Waals surface area (Å²) in [6.45, 7) is 0.234. The van der Waals surface area contributed by atoms with Gasteiger partial charge in [0.25, 0.3) is 5.56 Å². The lowest BCUT2D eigenvalue weighted by atomic mass is 9.99. The van der Waals surface area contributed by atoms with Crippen molar-refractivity contribution in [1.82, 2.24) is 18.7 Å². The molecule has 10 nitrogen and oxygen atoms in total. The maximum atomic E-state index is 12.1. The molecule has 0 amide bonds. The molecule has 11 heteroatoms. The molecule has 0 unspecified atom stereocenters. The van der Waals surface area contributed by atoms with E-state index in [1.54, 1.807) is 4.57 Å². The van der Waals surface area contributed by atoms with E-state index in [1.165, 1.54) is 25.0 Å². The summed E-state index contributed by atoms with van der Waals surface area (Å²) in [5.41, 5.74) is 5.15. The molecule has 2 aromatic rings. The van der Waals surface area contributed by atoms with Gasteiger partial charge < -0.3 is 25.3 Å². The molecule has 1 aliphatic rings. The molecular weight excluding hydrogens is 342 g/mol. The molecular formula is C13H20ClN5O5. The largest absolute Gasteiger partial charge is 0.389 e. The molecule has 0 radical (unpaired) electrons. The molecule has 3 heterocycles. The lowest BCUT2D eigenvalue weighted by Crippen LogP contribution is -2.57. The Balaban J connectivity index is 0.00000208. The minimum absolute atomic E-state index is 0. The number of imidazole rings is 1. The van der Waals surface area contributed by atoms with Crippen LogP contribution in [0.2, 0.25) is 0 Å². The molecule has 0 aliphatic carbocycles. The average molecular weight is 362 g/mol. The highest BCUT2D eigenvalue weighted by molar-refractivity contribution is 5.85. The standard InChI is InChI=1S/C13H19N5O5.ClH/c1-16-11-8(12(21)17(2)13(16)22)15-5-18(11)3-7-10(20)9(19)6(14)4-23-7;/h5-7,9-10,19-20H,3-4,14H2,1-2H3;1H/t6-,7-,9+,10-;/m1./s1. The van der Waals surface area contributed by atoms with Crippen LogP contribution in [-0.4, -0.2) is 59.9 Å². The first kappa shape index (κ1) is 18.6. The second-order valence-corrected chi connectivity index (χ2v) is 5.79. The number of ether oxygens (including phenoxy) is 1. The summed E-state index contributed by atoms with van der Waals surface area (Å²) >= 11 is 0. The Morgan fingerprint density at radius 1 is 1.29 bits per heavy atom. The van der Waals surface area contributed by atoms with E-state index < -0.39 is 35.6 Å².